The van der Waals surface area contributed by atoms with Gasteiger partial charge in [-0.3, -0.25) is 33.6 Å². The number of carbonyl (C=O) groups is 8. The van der Waals surface area contributed by atoms with Crippen molar-refractivity contribution in [2.24, 2.45) is 0 Å². The Kier molecular flexibility index (Phi) is 22.3. The van der Waals surface area contributed by atoms with Gasteiger partial charge in [-0.25, -0.2) is 47.9 Å². The number of rotatable bonds is 18. The number of fused-ring (bicyclic) bond motifs is 2. The molecule has 22 nitrogen and oxygen atoms in total. The molecule has 0 bridgehead atoms. The standard InChI is InChI=1S/C29H31FN4O4.C25H23FN4O4.C14H12FN3O3/c1-17-11-19(6-9-22(17)30)15-31-27(36)24-14-25(33-16-32-24)28(37)34-23-10-7-20-12-18(5-8-21(20)23)13-26(35)38-29(2,3)4;1-14-8-16(3-6-19(14)26)12-27-24(33)21-11-22(29-13-28-21)25(34)30-20-7-4-17-9-15(10-23(31)32)2-5-18(17)20;1-8-4-9(2-3-10(8)15)6-16-13(19)11-5-12(14(20)21)18-7-17-11/h5-6,8-9,11-12,14,16,23H,7,10,13,15H2,1-4H3,(H,31,36)(H,34,37);2-3,5-6,8-9,11,13,20H,4,7,10,12H2,1H3,(H,27,33)(H,30,34)(H,31,32);2-5,7H,6H2,1H3,(H,16,19)(H,20,21). The van der Waals surface area contributed by atoms with Crippen molar-refractivity contribution in [2.45, 2.75) is 117 Å². The molecule has 0 aliphatic heterocycles. The molecule has 2 atom stereocenters. The Morgan fingerprint density at radius 2 is 0.785 bits per heavy atom. The minimum atomic E-state index is -1.24. The van der Waals surface area contributed by atoms with Gasteiger partial charge in [0.25, 0.3) is 29.5 Å². The summed E-state index contributed by atoms with van der Waals surface area (Å²) < 4.78 is 45.4. The molecule has 7 N–H and O–H groups in total. The lowest BCUT2D eigenvalue weighted by atomic mass is 10.0. The fourth-order valence-electron chi connectivity index (χ4n) is 10.1. The van der Waals surface area contributed by atoms with Crippen molar-refractivity contribution >= 4 is 47.4 Å². The first-order chi connectivity index (χ1) is 44.2. The lowest BCUT2D eigenvalue weighted by Gasteiger charge is -2.19. The average molecular weight is 1270 g/mol. The first-order valence-corrected chi connectivity index (χ1v) is 29.3. The zero-order chi connectivity index (χ0) is 67.1. The quantitative estimate of drug-likeness (QED) is 0.0395. The summed E-state index contributed by atoms with van der Waals surface area (Å²) in [6.07, 6.45) is 6.39. The molecule has 8 aromatic rings. The van der Waals surface area contributed by atoms with Crippen molar-refractivity contribution in [3.8, 4) is 0 Å². The molecule has 5 aromatic carbocycles. The van der Waals surface area contributed by atoms with Crippen LogP contribution in [-0.4, -0.2) is 93.2 Å². The summed E-state index contributed by atoms with van der Waals surface area (Å²) in [5.74, 6) is -5.65. The number of amides is 5. The van der Waals surface area contributed by atoms with Crippen LogP contribution in [0.4, 0.5) is 13.2 Å². The molecule has 0 fully saturated rings. The van der Waals surface area contributed by atoms with Gasteiger partial charge in [-0.05, 0) is 152 Å². The largest absolute Gasteiger partial charge is 0.481 e. The summed E-state index contributed by atoms with van der Waals surface area (Å²) in [6, 6.07) is 28.3. The second-order valence-electron chi connectivity index (χ2n) is 23.0. The van der Waals surface area contributed by atoms with Gasteiger partial charge in [-0.2, -0.15) is 0 Å². The molecular weight excluding hydrogens is 1200 g/mol. The molecule has 93 heavy (non-hydrogen) atoms. The number of carboxylic acids is 2. The third-order valence-corrected chi connectivity index (χ3v) is 14.7. The summed E-state index contributed by atoms with van der Waals surface area (Å²) in [6.45, 7) is 11.0. The number of aryl methyl sites for hydroxylation is 5. The second-order valence-corrected chi connectivity index (χ2v) is 23.0. The van der Waals surface area contributed by atoms with Crippen LogP contribution in [0.1, 0.15) is 175 Å². The topological polar surface area (TPSA) is 324 Å². The second kappa shape index (κ2) is 30.6. The maximum atomic E-state index is 13.5. The Hall–Kier alpha value is -11.1. The van der Waals surface area contributed by atoms with E-state index in [1.807, 2.05) is 51.1 Å². The third kappa shape index (κ3) is 19.2. The van der Waals surface area contributed by atoms with E-state index in [0.717, 1.165) is 81.6 Å². The molecule has 0 spiro atoms. The minimum Gasteiger partial charge on any atom is -0.481 e. The Morgan fingerprint density at radius 1 is 0.452 bits per heavy atom. The molecule has 480 valence electrons. The molecule has 0 radical (unpaired) electrons. The normalized spacial score (nSPS) is 13.5. The molecule has 25 heteroatoms. The first kappa shape index (κ1) is 67.8. The summed E-state index contributed by atoms with van der Waals surface area (Å²) in [4.78, 5) is 120. The van der Waals surface area contributed by atoms with Crippen LogP contribution < -0.4 is 26.6 Å². The highest BCUT2D eigenvalue weighted by Crippen LogP contribution is 2.34. The predicted octanol–water partition coefficient (Wildman–Crippen LogP) is 8.61. The number of carbonyl (C=O) groups excluding carboxylic acids is 6. The molecular formula is C68H66F3N11O11. The van der Waals surface area contributed by atoms with Gasteiger partial charge in [0.15, 0.2) is 5.69 Å². The van der Waals surface area contributed by atoms with Gasteiger partial charge in [-0.15, -0.1) is 0 Å². The molecule has 5 amide bonds. The highest BCUT2D eigenvalue weighted by atomic mass is 19.1. The summed E-state index contributed by atoms with van der Waals surface area (Å²) in [5.41, 5.74) is 8.72. The maximum absolute atomic E-state index is 13.5. The van der Waals surface area contributed by atoms with Crippen LogP contribution in [0.15, 0.2) is 128 Å². The minimum absolute atomic E-state index is 0.0405. The van der Waals surface area contributed by atoms with Crippen molar-refractivity contribution in [3.63, 3.8) is 0 Å². The number of halogens is 3. The van der Waals surface area contributed by atoms with Gasteiger partial charge in [-0.1, -0.05) is 72.8 Å². The van der Waals surface area contributed by atoms with Crippen LogP contribution in [0.25, 0.3) is 0 Å². The molecule has 0 saturated heterocycles. The molecule has 0 saturated carbocycles. The number of carboxylic acid groups (broad SMARTS) is 2. The number of hydrogen-bond acceptors (Lipinski definition) is 15. The Morgan fingerprint density at radius 3 is 1.13 bits per heavy atom. The van der Waals surface area contributed by atoms with Crippen molar-refractivity contribution < 1.29 is 66.5 Å². The number of nitrogens with one attached hydrogen (secondary N) is 5. The highest BCUT2D eigenvalue weighted by Gasteiger charge is 2.28. The van der Waals surface area contributed by atoms with E-state index in [1.165, 1.54) is 36.7 Å². The van der Waals surface area contributed by atoms with Crippen molar-refractivity contribution in [2.75, 3.05) is 0 Å². The lowest BCUT2D eigenvalue weighted by molar-refractivity contribution is -0.154. The number of hydrogen-bond donors (Lipinski definition) is 7. The monoisotopic (exact) mass is 1270 g/mol. The van der Waals surface area contributed by atoms with Crippen molar-refractivity contribution in [3.05, 3.63) is 247 Å². The van der Waals surface area contributed by atoms with Crippen LogP contribution in [0.5, 0.6) is 0 Å². The summed E-state index contributed by atoms with van der Waals surface area (Å²) >= 11 is 0. The molecule has 3 aromatic heterocycles. The average Bonchev–Trinajstić information content (AvgIpc) is 1.80. The van der Waals surface area contributed by atoms with E-state index in [9.17, 15) is 51.5 Å². The first-order valence-electron chi connectivity index (χ1n) is 29.3. The number of ether oxygens (including phenoxy) is 1. The maximum Gasteiger partial charge on any atom is 0.354 e. The summed E-state index contributed by atoms with van der Waals surface area (Å²) in [7, 11) is 0. The Bertz CT molecular complexity index is 4180. The SMILES string of the molecule is Cc1cc(CNC(=O)c2cc(C(=O)NC3CCc4cc(CC(=O)O)ccc43)ncn2)ccc1F.Cc1cc(CNC(=O)c2cc(C(=O)NC3CCc4cc(CC(=O)OC(C)(C)C)ccc43)ncn2)ccc1F.Cc1cc(CNC(=O)c2cc(C(=O)O)ncn2)ccc1F. The van der Waals surface area contributed by atoms with Gasteiger partial charge >= 0.3 is 17.9 Å². The molecule has 2 aliphatic rings. The van der Waals surface area contributed by atoms with Crippen molar-refractivity contribution in [1.29, 1.82) is 0 Å². The molecule has 2 unspecified atom stereocenters. The predicted molar refractivity (Wildman–Crippen MR) is 331 cm³/mol. The fraction of sp³-hybridized carbons (Fsp3) is 0.265. The lowest BCUT2D eigenvalue weighted by Crippen LogP contribution is -2.29. The number of aromatic nitrogens is 6. The zero-order valence-electron chi connectivity index (χ0n) is 51.5. The van der Waals surface area contributed by atoms with Crippen molar-refractivity contribution in [1.82, 2.24) is 56.5 Å². The number of esters is 1. The third-order valence-electron chi connectivity index (χ3n) is 14.7. The number of aromatic carboxylic acids is 1. The van der Waals surface area contributed by atoms with Crippen LogP contribution in [0, 0.1) is 38.2 Å². The highest BCUT2D eigenvalue weighted by molar-refractivity contribution is 5.98. The number of aliphatic carboxylic acids is 1. The molecule has 2 aliphatic carbocycles. The Labute approximate surface area is 532 Å². The summed E-state index contributed by atoms with van der Waals surface area (Å²) in [5, 5.41) is 31.7. The van der Waals surface area contributed by atoms with Crippen LogP contribution >= 0.6 is 0 Å². The zero-order valence-corrected chi connectivity index (χ0v) is 51.5. The fourth-order valence-corrected chi connectivity index (χ4v) is 10.1. The van der Waals surface area contributed by atoms with Gasteiger partial charge in [0.2, 0.25) is 0 Å². The van der Waals surface area contributed by atoms with Gasteiger partial charge in [0.1, 0.15) is 70.5 Å². The van der Waals surface area contributed by atoms with E-state index in [0.29, 0.717) is 29.5 Å². The van der Waals surface area contributed by atoms with Crippen LogP contribution in [0.2, 0.25) is 0 Å². The smallest absolute Gasteiger partial charge is 0.354 e. The molecule has 10 rings (SSSR count). The Balaban J connectivity index is 0.000000186. The van der Waals surface area contributed by atoms with E-state index in [2.05, 4.69) is 56.5 Å². The van der Waals surface area contributed by atoms with E-state index < -0.39 is 47.1 Å². The molecule has 3 heterocycles. The van der Waals surface area contributed by atoms with E-state index in [-0.39, 0.29) is 102 Å². The van der Waals surface area contributed by atoms with Crippen LogP contribution in [-0.2, 0) is 59.6 Å². The number of benzene rings is 5. The van der Waals surface area contributed by atoms with Crippen LogP contribution in [0.3, 0.4) is 0 Å². The van der Waals surface area contributed by atoms with E-state index >= 15 is 0 Å². The van der Waals surface area contributed by atoms with E-state index in [4.69, 9.17) is 14.9 Å². The van der Waals surface area contributed by atoms with Gasteiger partial charge in [0.05, 0.1) is 24.9 Å². The number of nitrogens with zero attached hydrogens (tertiary/aromatic N) is 6. The van der Waals surface area contributed by atoms with E-state index in [1.54, 1.807) is 63.2 Å². The van der Waals surface area contributed by atoms with Gasteiger partial charge < -0.3 is 41.5 Å². The van der Waals surface area contributed by atoms with Gasteiger partial charge in [0, 0.05) is 37.8 Å².